The van der Waals surface area contributed by atoms with Gasteiger partial charge in [0, 0.05) is 6.04 Å². The van der Waals surface area contributed by atoms with E-state index in [9.17, 15) is 4.79 Å². The number of carbonyl (C=O) groups is 1. The molecule has 1 unspecified atom stereocenters. The Bertz CT molecular complexity index is 184. The first kappa shape index (κ1) is 13.4. The van der Waals surface area contributed by atoms with E-state index < -0.39 is 5.60 Å². The zero-order chi connectivity index (χ0) is 11.4. The quantitative estimate of drug-likeness (QED) is 0.708. The molecule has 2 atom stereocenters. The van der Waals surface area contributed by atoms with Crippen molar-refractivity contribution in [2.24, 2.45) is 0 Å². The Morgan fingerprint density at radius 3 is 2.21 bits per heavy atom. The normalized spacial score (nSPS) is 16.1. The number of esters is 1. The molecule has 0 aliphatic carbocycles. The molecule has 0 saturated carbocycles. The summed E-state index contributed by atoms with van der Waals surface area (Å²) in [4.78, 5) is 11.5. The molecule has 0 saturated heterocycles. The lowest BCUT2D eigenvalue weighted by Gasteiger charge is -2.24. The van der Waals surface area contributed by atoms with E-state index in [1.54, 1.807) is 0 Å². The summed E-state index contributed by atoms with van der Waals surface area (Å²) in [5.41, 5.74) is -0.400. The predicted molar refractivity (Wildman–Crippen MR) is 58.2 cm³/mol. The lowest BCUT2D eigenvalue weighted by atomic mass is 10.2. The zero-order valence-corrected chi connectivity index (χ0v) is 10.2. The molecule has 1 N–H and O–H groups in total. The maximum Gasteiger partial charge on any atom is 0.323 e. The van der Waals surface area contributed by atoms with E-state index >= 15 is 0 Å². The second-order valence-electron chi connectivity index (χ2n) is 4.73. The van der Waals surface area contributed by atoms with Gasteiger partial charge in [-0.15, -0.1) is 0 Å². The van der Waals surface area contributed by atoms with Crippen LogP contribution < -0.4 is 5.32 Å². The van der Waals surface area contributed by atoms with Crippen LogP contribution in [0.15, 0.2) is 0 Å². The molecule has 0 amide bonds. The van der Waals surface area contributed by atoms with E-state index in [0.29, 0.717) is 6.04 Å². The predicted octanol–water partition coefficient (Wildman–Crippen LogP) is 2.10. The minimum atomic E-state index is -0.400. The number of hydrogen-bond acceptors (Lipinski definition) is 3. The van der Waals surface area contributed by atoms with Gasteiger partial charge in [0.1, 0.15) is 11.6 Å². The summed E-state index contributed by atoms with van der Waals surface area (Å²) in [6, 6.07) is 0.113. The van der Waals surface area contributed by atoms with Crippen LogP contribution in [0, 0.1) is 0 Å². The lowest BCUT2D eigenvalue weighted by molar-refractivity contribution is -0.157. The molecule has 84 valence electrons. The lowest BCUT2D eigenvalue weighted by Crippen LogP contribution is -2.43. The molecule has 3 heteroatoms. The van der Waals surface area contributed by atoms with Crippen LogP contribution in [0.4, 0.5) is 0 Å². The third-order valence-electron chi connectivity index (χ3n) is 1.91. The van der Waals surface area contributed by atoms with Crippen molar-refractivity contribution in [1.82, 2.24) is 5.32 Å². The summed E-state index contributed by atoms with van der Waals surface area (Å²) in [5, 5.41) is 3.18. The first-order valence-electron chi connectivity index (χ1n) is 5.25. The van der Waals surface area contributed by atoms with Gasteiger partial charge in [-0.05, 0) is 41.0 Å². The fourth-order valence-electron chi connectivity index (χ4n) is 1.00. The van der Waals surface area contributed by atoms with Gasteiger partial charge >= 0.3 is 5.97 Å². The number of hydrogen-bond donors (Lipinski definition) is 1. The highest BCUT2D eigenvalue weighted by Crippen LogP contribution is 2.08. The summed E-state index contributed by atoms with van der Waals surface area (Å²) >= 11 is 0. The molecule has 14 heavy (non-hydrogen) atoms. The van der Waals surface area contributed by atoms with Crippen LogP contribution in [0.25, 0.3) is 0 Å². The average molecular weight is 201 g/mol. The average Bonchev–Trinajstić information content (AvgIpc) is 2.00. The molecular formula is C11H23NO2. The fourth-order valence-corrected chi connectivity index (χ4v) is 1.00. The molecule has 0 spiro atoms. The Kier molecular flexibility index (Phi) is 5.13. The standard InChI is InChI=1S/C11H23NO2/c1-7-8(2)12-9(3)10(13)14-11(4,5)6/h8-9,12H,7H2,1-6H3/t8?,9-/m1/s1. The summed E-state index contributed by atoms with van der Waals surface area (Å²) in [7, 11) is 0. The largest absolute Gasteiger partial charge is 0.459 e. The van der Waals surface area contributed by atoms with E-state index in [4.69, 9.17) is 4.74 Å². The minimum absolute atomic E-state index is 0.183. The second-order valence-corrected chi connectivity index (χ2v) is 4.73. The smallest absolute Gasteiger partial charge is 0.323 e. The van der Waals surface area contributed by atoms with Gasteiger partial charge in [-0.1, -0.05) is 6.92 Å². The van der Waals surface area contributed by atoms with Gasteiger partial charge in [-0.25, -0.2) is 0 Å². The van der Waals surface area contributed by atoms with Crippen LogP contribution in [0.2, 0.25) is 0 Å². The number of carbonyl (C=O) groups excluding carboxylic acids is 1. The fraction of sp³-hybridized carbons (Fsp3) is 0.909. The molecule has 0 fully saturated rings. The number of nitrogens with one attached hydrogen (secondary N) is 1. The van der Waals surface area contributed by atoms with Gasteiger partial charge in [-0.2, -0.15) is 0 Å². The molecule has 0 heterocycles. The summed E-state index contributed by atoms with van der Waals surface area (Å²) in [5.74, 6) is -0.183. The Morgan fingerprint density at radius 1 is 1.36 bits per heavy atom. The molecule has 0 aliphatic rings. The van der Waals surface area contributed by atoms with Gasteiger partial charge in [0.15, 0.2) is 0 Å². The van der Waals surface area contributed by atoms with Crippen LogP contribution in [0.1, 0.15) is 48.0 Å². The van der Waals surface area contributed by atoms with Crippen LogP contribution in [-0.2, 0) is 9.53 Å². The van der Waals surface area contributed by atoms with Crippen LogP contribution in [0.5, 0.6) is 0 Å². The van der Waals surface area contributed by atoms with Crippen molar-refractivity contribution in [2.45, 2.75) is 65.6 Å². The topological polar surface area (TPSA) is 38.3 Å². The first-order valence-corrected chi connectivity index (χ1v) is 5.25. The summed E-state index contributed by atoms with van der Waals surface area (Å²) < 4.78 is 5.24. The molecular weight excluding hydrogens is 178 g/mol. The first-order chi connectivity index (χ1) is 6.26. The van der Waals surface area contributed by atoms with E-state index in [-0.39, 0.29) is 12.0 Å². The monoisotopic (exact) mass is 201 g/mol. The van der Waals surface area contributed by atoms with Gasteiger partial charge < -0.3 is 10.1 Å². The summed E-state index contributed by atoms with van der Waals surface area (Å²) in [6.45, 7) is 11.6. The number of rotatable bonds is 4. The highest BCUT2D eigenvalue weighted by Gasteiger charge is 2.21. The molecule has 0 bridgehead atoms. The third-order valence-corrected chi connectivity index (χ3v) is 1.91. The molecule has 0 aromatic carbocycles. The Labute approximate surface area is 87.2 Å². The highest BCUT2D eigenvalue weighted by atomic mass is 16.6. The summed E-state index contributed by atoms with van der Waals surface area (Å²) in [6.07, 6.45) is 1.01. The van der Waals surface area contributed by atoms with E-state index in [1.807, 2.05) is 27.7 Å². The second kappa shape index (κ2) is 5.35. The van der Waals surface area contributed by atoms with Crippen LogP contribution in [-0.4, -0.2) is 23.7 Å². The van der Waals surface area contributed by atoms with E-state index in [1.165, 1.54) is 0 Å². The minimum Gasteiger partial charge on any atom is -0.459 e. The Balaban J connectivity index is 4.00. The van der Waals surface area contributed by atoms with Gasteiger partial charge in [-0.3, -0.25) is 4.79 Å². The maximum atomic E-state index is 11.5. The van der Waals surface area contributed by atoms with Crippen LogP contribution in [0.3, 0.4) is 0 Å². The van der Waals surface area contributed by atoms with Crippen molar-refractivity contribution < 1.29 is 9.53 Å². The molecule has 0 rings (SSSR count). The maximum absolute atomic E-state index is 11.5. The highest BCUT2D eigenvalue weighted by molar-refractivity contribution is 5.75. The van der Waals surface area contributed by atoms with Gasteiger partial charge in [0.25, 0.3) is 0 Å². The van der Waals surface area contributed by atoms with Crippen molar-refractivity contribution in [2.75, 3.05) is 0 Å². The van der Waals surface area contributed by atoms with E-state index in [0.717, 1.165) is 6.42 Å². The molecule has 0 aliphatic heterocycles. The van der Waals surface area contributed by atoms with E-state index in [2.05, 4.69) is 19.2 Å². The number of ether oxygens (including phenoxy) is 1. The Morgan fingerprint density at radius 2 is 1.86 bits per heavy atom. The SMILES string of the molecule is CCC(C)N[C@H](C)C(=O)OC(C)(C)C. The van der Waals surface area contributed by atoms with Crippen molar-refractivity contribution in [3.63, 3.8) is 0 Å². The molecule has 0 radical (unpaired) electrons. The molecule has 3 nitrogen and oxygen atoms in total. The van der Waals surface area contributed by atoms with Crippen LogP contribution >= 0.6 is 0 Å². The van der Waals surface area contributed by atoms with Crippen molar-refractivity contribution in [3.8, 4) is 0 Å². The van der Waals surface area contributed by atoms with Gasteiger partial charge in [0.2, 0.25) is 0 Å². The van der Waals surface area contributed by atoms with Crippen molar-refractivity contribution in [1.29, 1.82) is 0 Å². The third kappa shape index (κ3) is 5.97. The van der Waals surface area contributed by atoms with Crippen molar-refractivity contribution >= 4 is 5.97 Å². The van der Waals surface area contributed by atoms with Crippen molar-refractivity contribution in [3.05, 3.63) is 0 Å². The Hall–Kier alpha value is -0.570. The van der Waals surface area contributed by atoms with Gasteiger partial charge in [0.05, 0.1) is 0 Å². The molecule has 0 aromatic heterocycles. The zero-order valence-electron chi connectivity index (χ0n) is 10.2. The molecule has 0 aromatic rings.